The van der Waals surface area contributed by atoms with Gasteiger partial charge in [0.15, 0.2) is 5.82 Å². The van der Waals surface area contributed by atoms with E-state index in [0.29, 0.717) is 15.9 Å². The number of nitrogens with one attached hydrogen (secondary N) is 1. The first-order chi connectivity index (χ1) is 12.8. The minimum atomic E-state index is -0.209. The highest BCUT2D eigenvalue weighted by molar-refractivity contribution is 7.20. The number of aromatic nitrogens is 4. The van der Waals surface area contributed by atoms with E-state index in [2.05, 4.69) is 20.6 Å². The average molecular weight is 363 g/mol. The normalized spacial score (nSPS) is 12.2. The fourth-order valence-corrected chi connectivity index (χ4v) is 3.63. The quantitative estimate of drug-likeness (QED) is 0.582. The van der Waals surface area contributed by atoms with E-state index in [0.717, 1.165) is 17.5 Å². The fraction of sp³-hybridized carbons (Fsp3) is 0.158. The molecule has 0 saturated carbocycles. The van der Waals surface area contributed by atoms with Gasteiger partial charge >= 0.3 is 0 Å². The van der Waals surface area contributed by atoms with Gasteiger partial charge in [-0.3, -0.25) is 10.1 Å². The Balaban J connectivity index is 1.60. The largest absolute Gasteiger partial charge is 0.300 e. The van der Waals surface area contributed by atoms with Crippen molar-refractivity contribution in [1.29, 1.82) is 0 Å². The number of hydrogen-bond acceptors (Lipinski definition) is 5. The first-order valence-electron chi connectivity index (χ1n) is 8.39. The number of anilines is 1. The molecule has 6 nitrogen and oxygen atoms in total. The smallest absolute Gasteiger partial charge is 0.236 e. The van der Waals surface area contributed by atoms with Crippen molar-refractivity contribution in [3.8, 4) is 11.4 Å². The highest BCUT2D eigenvalue weighted by Gasteiger charge is 2.21. The summed E-state index contributed by atoms with van der Waals surface area (Å²) in [6.45, 7) is 2.00. The molecule has 0 saturated heterocycles. The molecule has 130 valence electrons. The molecule has 1 amide bonds. The van der Waals surface area contributed by atoms with Crippen LogP contribution in [0.3, 0.4) is 0 Å². The van der Waals surface area contributed by atoms with Crippen LogP contribution < -0.4 is 5.32 Å². The topological polar surface area (TPSA) is 72.2 Å². The molecule has 0 aliphatic rings. The van der Waals surface area contributed by atoms with Crippen molar-refractivity contribution in [3.63, 3.8) is 0 Å². The molecule has 0 radical (unpaired) electrons. The van der Waals surface area contributed by atoms with Crippen LogP contribution in [-0.2, 0) is 4.79 Å². The first-order valence-corrected chi connectivity index (χ1v) is 9.21. The number of hydrogen-bond donors (Lipinski definition) is 1. The highest BCUT2D eigenvalue weighted by Crippen LogP contribution is 2.26. The van der Waals surface area contributed by atoms with Gasteiger partial charge in [0.1, 0.15) is 0 Å². The zero-order valence-corrected chi connectivity index (χ0v) is 15.0. The lowest BCUT2D eigenvalue weighted by atomic mass is 9.96. The van der Waals surface area contributed by atoms with Crippen molar-refractivity contribution >= 4 is 27.3 Å². The van der Waals surface area contributed by atoms with Gasteiger partial charge in [-0.1, -0.05) is 78.9 Å². The Bertz CT molecular complexity index is 1030. The van der Waals surface area contributed by atoms with Crippen molar-refractivity contribution in [2.45, 2.75) is 19.3 Å². The van der Waals surface area contributed by atoms with E-state index in [1.807, 2.05) is 67.6 Å². The molecular formula is C19H17N5OS. The first kappa shape index (κ1) is 16.4. The van der Waals surface area contributed by atoms with Gasteiger partial charge < -0.3 is 0 Å². The zero-order valence-electron chi connectivity index (χ0n) is 14.2. The molecule has 0 spiro atoms. The SMILES string of the molecule is CC[C@H](C(=O)Nc1nn2c(-c3ccccc3)nnc2s1)c1ccccc1. The summed E-state index contributed by atoms with van der Waals surface area (Å²) < 4.78 is 1.67. The van der Waals surface area contributed by atoms with Gasteiger partial charge in [-0.05, 0) is 12.0 Å². The standard InChI is InChI=1S/C19H17N5OS/c1-2-15(13-9-5-3-6-10-13)17(25)20-18-23-24-16(21-22-19(24)26-18)14-11-7-4-8-12-14/h3-12,15H,2H2,1H3,(H,20,23,25)/t15-/m0/s1. The number of rotatable bonds is 5. The molecule has 0 bridgehead atoms. The van der Waals surface area contributed by atoms with E-state index in [1.165, 1.54) is 11.3 Å². The second-order valence-electron chi connectivity index (χ2n) is 5.85. The van der Waals surface area contributed by atoms with Crippen molar-refractivity contribution in [3.05, 3.63) is 66.2 Å². The number of carbonyl (C=O) groups is 1. The van der Waals surface area contributed by atoms with Crippen LogP contribution >= 0.6 is 11.3 Å². The van der Waals surface area contributed by atoms with Gasteiger partial charge in [0.2, 0.25) is 16.0 Å². The van der Waals surface area contributed by atoms with Crippen molar-refractivity contribution < 1.29 is 4.79 Å². The molecule has 0 unspecified atom stereocenters. The number of carbonyl (C=O) groups excluding carboxylic acids is 1. The summed E-state index contributed by atoms with van der Waals surface area (Å²) in [5.41, 5.74) is 1.93. The van der Waals surface area contributed by atoms with Crippen molar-refractivity contribution in [2.75, 3.05) is 5.32 Å². The third-order valence-corrected chi connectivity index (χ3v) is 4.99. The molecule has 0 aliphatic heterocycles. The molecule has 0 fully saturated rings. The van der Waals surface area contributed by atoms with E-state index >= 15 is 0 Å². The van der Waals surface area contributed by atoms with E-state index in [9.17, 15) is 4.79 Å². The van der Waals surface area contributed by atoms with Gasteiger partial charge in [-0.25, -0.2) is 0 Å². The molecule has 2 aromatic carbocycles. The molecule has 26 heavy (non-hydrogen) atoms. The Kier molecular flexibility index (Phi) is 4.45. The Morgan fingerprint density at radius 1 is 1.08 bits per heavy atom. The lowest BCUT2D eigenvalue weighted by Crippen LogP contribution is -2.20. The summed E-state index contributed by atoms with van der Waals surface area (Å²) >= 11 is 1.31. The number of fused-ring (bicyclic) bond motifs is 1. The summed E-state index contributed by atoms with van der Waals surface area (Å²) in [4.78, 5) is 13.4. The van der Waals surface area contributed by atoms with Gasteiger partial charge in [0.25, 0.3) is 0 Å². The molecule has 4 aromatic rings. The lowest BCUT2D eigenvalue weighted by Gasteiger charge is -2.13. The molecule has 4 rings (SSSR count). The minimum absolute atomic E-state index is 0.0649. The van der Waals surface area contributed by atoms with Crippen LogP contribution in [0, 0.1) is 0 Å². The predicted molar refractivity (Wildman–Crippen MR) is 102 cm³/mol. The highest BCUT2D eigenvalue weighted by atomic mass is 32.1. The van der Waals surface area contributed by atoms with Gasteiger partial charge in [0, 0.05) is 5.56 Å². The molecule has 2 aromatic heterocycles. The Morgan fingerprint density at radius 3 is 2.46 bits per heavy atom. The maximum atomic E-state index is 12.7. The minimum Gasteiger partial charge on any atom is -0.300 e. The Hall–Kier alpha value is -3.06. The van der Waals surface area contributed by atoms with Crippen molar-refractivity contribution in [1.82, 2.24) is 19.8 Å². The number of nitrogens with zero attached hydrogens (tertiary/aromatic N) is 4. The van der Waals surface area contributed by atoms with E-state index < -0.39 is 0 Å². The predicted octanol–water partition coefficient (Wildman–Crippen LogP) is 3.99. The zero-order chi connectivity index (χ0) is 17.9. The van der Waals surface area contributed by atoms with Crippen LogP contribution in [0.2, 0.25) is 0 Å². The maximum absolute atomic E-state index is 12.7. The Labute approximate surface area is 154 Å². The van der Waals surface area contributed by atoms with E-state index in [4.69, 9.17) is 0 Å². The van der Waals surface area contributed by atoms with Gasteiger partial charge in [-0.15, -0.1) is 15.3 Å². The van der Waals surface area contributed by atoms with Crippen LogP contribution in [0.5, 0.6) is 0 Å². The monoisotopic (exact) mass is 363 g/mol. The van der Waals surface area contributed by atoms with Crippen LogP contribution in [0.25, 0.3) is 16.3 Å². The Morgan fingerprint density at radius 2 is 1.77 bits per heavy atom. The van der Waals surface area contributed by atoms with Gasteiger partial charge in [0.05, 0.1) is 5.92 Å². The van der Waals surface area contributed by atoms with Gasteiger partial charge in [-0.2, -0.15) is 4.52 Å². The van der Waals surface area contributed by atoms with Crippen LogP contribution in [0.15, 0.2) is 60.7 Å². The fourth-order valence-electron chi connectivity index (χ4n) is 2.89. The van der Waals surface area contributed by atoms with Crippen LogP contribution in [0.4, 0.5) is 5.13 Å². The summed E-state index contributed by atoms with van der Waals surface area (Å²) in [5, 5.41) is 16.3. The second-order valence-corrected chi connectivity index (χ2v) is 6.81. The molecule has 2 heterocycles. The molecule has 7 heteroatoms. The third-order valence-electron chi connectivity index (χ3n) is 4.18. The van der Waals surface area contributed by atoms with Crippen molar-refractivity contribution in [2.24, 2.45) is 0 Å². The second kappa shape index (κ2) is 7.05. The van der Waals surface area contributed by atoms with E-state index in [1.54, 1.807) is 4.52 Å². The molecule has 0 aliphatic carbocycles. The summed E-state index contributed by atoms with van der Waals surface area (Å²) in [7, 11) is 0. The maximum Gasteiger partial charge on any atom is 0.236 e. The van der Waals surface area contributed by atoms with Crippen LogP contribution in [-0.4, -0.2) is 25.7 Å². The molecule has 1 N–H and O–H groups in total. The lowest BCUT2D eigenvalue weighted by molar-refractivity contribution is -0.117. The summed E-state index contributed by atoms with van der Waals surface area (Å²) in [6, 6.07) is 19.5. The summed E-state index contributed by atoms with van der Waals surface area (Å²) in [5.74, 6) is 0.386. The third kappa shape index (κ3) is 3.09. The van der Waals surface area contributed by atoms with Crippen LogP contribution in [0.1, 0.15) is 24.8 Å². The summed E-state index contributed by atoms with van der Waals surface area (Å²) in [6.07, 6.45) is 0.717. The molecular weight excluding hydrogens is 346 g/mol. The number of amides is 1. The molecule has 1 atom stereocenters. The average Bonchev–Trinajstić information content (AvgIpc) is 3.24. The number of benzene rings is 2. The van der Waals surface area contributed by atoms with E-state index in [-0.39, 0.29) is 11.8 Å².